The predicted molar refractivity (Wildman–Crippen MR) is 64.7 cm³/mol. The van der Waals surface area contributed by atoms with Gasteiger partial charge in [0.2, 0.25) is 0 Å². The van der Waals surface area contributed by atoms with Crippen LogP contribution in [0.3, 0.4) is 0 Å². The van der Waals surface area contributed by atoms with E-state index in [1.54, 1.807) is 26.8 Å². The standard InChI is InChI=1S/C12H17F2N3O3/c1-11(2,3)20-10(19)16(4-5-18)17-8-12(13,14)6-9(17)7-15/h5,9H,4,6,8H2,1-3H3. The third kappa shape index (κ3) is 4.13. The largest absolute Gasteiger partial charge is 0.443 e. The third-order valence-corrected chi connectivity index (χ3v) is 2.56. The zero-order valence-electron chi connectivity index (χ0n) is 11.6. The number of nitriles is 1. The molecular formula is C12H17F2N3O3. The number of aldehydes is 1. The Hall–Kier alpha value is -1.75. The predicted octanol–water partition coefficient (Wildman–Crippen LogP) is 1.57. The van der Waals surface area contributed by atoms with Crippen molar-refractivity contribution in [2.45, 2.75) is 44.8 Å². The number of hydrazine groups is 1. The van der Waals surface area contributed by atoms with E-state index in [4.69, 9.17) is 10.00 Å². The third-order valence-electron chi connectivity index (χ3n) is 2.56. The van der Waals surface area contributed by atoms with E-state index >= 15 is 0 Å². The van der Waals surface area contributed by atoms with Crippen molar-refractivity contribution in [2.24, 2.45) is 0 Å². The number of hydrogen-bond donors (Lipinski definition) is 0. The molecule has 6 nitrogen and oxygen atoms in total. The lowest BCUT2D eigenvalue weighted by Gasteiger charge is -2.33. The lowest BCUT2D eigenvalue weighted by molar-refractivity contribution is -0.115. The molecule has 0 saturated carbocycles. The van der Waals surface area contributed by atoms with Crippen molar-refractivity contribution in [1.82, 2.24) is 10.0 Å². The van der Waals surface area contributed by atoms with Gasteiger partial charge in [-0.15, -0.1) is 0 Å². The number of rotatable bonds is 3. The highest BCUT2D eigenvalue weighted by Gasteiger charge is 2.49. The average Bonchev–Trinajstić information content (AvgIpc) is 2.58. The van der Waals surface area contributed by atoms with Crippen LogP contribution in [0.5, 0.6) is 0 Å². The second kappa shape index (κ2) is 5.71. The van der Waals surface area contributed by atoms with E-state index in [2.05, 4.69) is 0 Å². The normalized spacial score (nSPS) is 22.1. The summed E-state index contributed by atoms with van der Waals surface area (Å²) in [6.07, 6.45) is -1.21. The number of ether oxygens (including phenoxy) is 1. The van der Waals surface area contributed by atoms with Gasteiger partial charge in [-0.1, -0.05) is 0 Å². The molecular weight excluding hydrogens is 272 g/mol. The number of carbonyl (C=O) groups excluding carboxylic acids is 2. The van der Waals surface area contributed by atoms with Gasteiger partial charge in [0.05, 0.1) is 19.2 Å². The highest BCUT2D eigenvalue weighted by Crippen LogP contribution is 2.33. The summed E-state index contributed by atoms with van der Waals surface area (Å²) in [4.78, 5) is 22.6. The Morgan fingerprint density at radius 1 is 1.60 bits per heavy atom. The van der Waals surface area contributed by atoms with Crippen LogP contribution in [0.25, 0.3) is 0 Å². The maximum Gasteiger partial charge on any atom is 0.425 e. The maximum atomic E-state index is 13.4. The first-order valence-electron chi connectivity index (χ1n) is 6.08. The monoisotopic (exact) mass is 289 g/mol. The van der Waals surface area contributed by atoms with Crippen LogP contribution < -0.4 is 0 Å². The molecule has 0 aromatic carbocycles. The minimum atomic E-state index is -3.08. The molecule has 1 aliphatic heterocycles. The maximum absolute atomic E-state index is 13.4. The van der Waals surface area contributed by atoms with E-state index in [9.17, 15) is 18.4 Å². The number of hydrogen-bond acceptors (Lipinski definition) is 5. The topological polar surface area (TPSA) is 73.6 Å². The fraction of sp³-hybridized carbons (Fsp3) is 0.750. The van der Waals surface area contributed by atoms with Gasteiger partial charge in [-0.2, -0.15) is 10.3 Å². The highest BCUT2D eigenvalue weighted by atomic mass is 19.3. The van der Waals surface area contributed by atoms with Gasteiger partial charge < -0.3 is 9.53 Å². The van der Waals surface area contributed by atoms with Crippen LogP contribution in [0.2, 0.25) is 0 Å². The van der Waals surface area contributed by atoms with Crippen LogP contribution in [0.4, 0.5) is 13.6 Å². The van der Waals surface area contributed by atoms with E-state index in [-0.39, 0.29) is 0 Å². The quantitative estimate of drug-likeness (QED) is 0.737. The van der Waals surface area contributed by atoms with Crippen molar-refractivity contribution in [3.05, 3.63) is 0 Å². The summed E-state index contributed by atoms with van der Waals surface area (Å²) < 4.78 is 31.8. The lowest BCUT2D eigenvalue weighted by Crippen LogP contribution is -2.51. The van der Waals surface area contributed by atoms with Crippen molar-refractivity contribution < 1.29 is 23.1 Å². The van der Waals surface area contributed by atoms with Crippen LogP contribution in [-0.2, 0) is 9.53 Å². The molecule has 8 heteroatoms. The Bertz CT molecular complexity index is 429. The van der Waals surface area contributed by atoms with Gasteiger partial charge in [-0.25, -0.2) is 18.6 Å². The Kier molecular flexibility index (Phi) is 4.65. The van der Waals surface area contributed by atoms with Crippen molar-refractivity contribution in [2.75, 3.05) is 13.1 Å². The van der Waals surface area contributed by atoms with Crippen molar-refractivity contribution in [3.63, 3.8) is 0 Å². The van der Waals surface area contributed by atoms with Crippen LogP contribution in [-0.4, -0.2) is 53.1 Å². The molecule has 1 rings (SSSR count). The first-order valence-corrected chi connectivity index (χ1v) is 6.08. The number of alkyl halides is 2. The summed E-state index contributed by atoms with van der Waals surface area (Å²) >= 11 is 0. The van der Waals surface area contributed by atoms with Crippen LogP contribution in [0.15, 0.2) is 0 Å². The van der Waals surface area contributed by atoms with Crippen LogP contribution in [0.1, 0.15) is 27.2 Å². The molecule has 1 unspecified atom stereocenters. The summed E-state index contributed by atoms with van der Waals surface area (Å²) in [6, 6.07) is 0.538. The minimum Gasteiger partial charge on any atom is -0.443 e. The molecule has 0 aliphatic carbocycles. The van der Waals surface area contributed by atoms with Gasteiger partial charge in [0.15, 0.2) is 0 Å². The first-order chi connectivity index (χ1) is 9.09. The number of carbonyl (C=O) groups is 2. The Morgan fingerprint density at radius 2 is 2.20 bits per heavy atom. The van der Waals surface area contributed by atoms with Gasteiger partial charge in [-0.05, 0) is 20.8 Å². The Labute approximate surface area is 115 Å². The van der Waals surface area contributed by atoms with E-state index in [1.807, 2.05) is 0 Å². The van der Waals surface area contributed by atoms with E-state index in [0.29, 0.717) is 6.29 Å². The highest BCUT2D eigenvalue weighted by molar-refractivity contribution is 5.71. The molecule has 1 aliphatic rings. The van der Waals surface area contributed by atoms with Gasteiger partial charge in [0.1, 0.15) is 17.9 Å². The molecule has 0 radical (unpaired) electrons. The number of nitrogens with zero attached hydrogens (tertiary/aromatic N) is 3. The summed E-state index contributed by atoms with van der Waals surface area (Å²) in [5, 5.41) is 10.6. The fourth-order valence-corrected chi connectivity index (χ4v) is 1.84. The van der Waals surface area contributed by atoms with Crippen LogP contribution in [0, 0.1) is 11.3 Å². The molecule has 1 amide bonds. The van der Waals surface area contributed by atoms with Gasteiger partial charge >= 0.3 is 6.09 Å². The second-order valence-corrected chi connectivity index (χ2v) is 5.53. The molecule has 0 aromatic heterocycles. The molecule has 1 atom stereocenters. The molecule has 1 saturated heterocycles. The van der Waals surface area contributed by atoms with Crippen molar-refractivity contribution in [3.8, 4) is 6.07 Å². The summed E-state index contributed by atoms with van der Waals surface area (Å²) in [5.41, 5.74) is -0.831. The molecule has 0 N–H and O–H groups in total. The fourth-order valence-electron chi connectivity index (χ4n) is 1.84. The molecule has 0 aromatic rings. The summed E-state index contributed by atoms with van der Waals surface area (Å²) in [7, 11) is 0. The first kappa shape index (κ1) is 16.3. The molecule has 20 heavy (non-hydrogen) atoms. The zero-order valence-corrected chi connectivity index (χ0v) is 11.6. The molecule has 0 bridgehead atoms. The van der Waals surface area contributed by atoms with E-state index in [1.165, 1.54) is 0 Å². The van der Waals surface area contributed by atoms with E-state index in [0.717, 1.165) is 10.0 Å². The Balaban J connectivity index is 2.93. The minimum absolute atomic E-state index is 0.398. The Morgan fingerprint density at radius 3 is 2.65 bits per heavy atom. The average molecular weight is 289 g/mol. The molecule has 1 fully saturated rings. The van der Waals surface area contributed by atoms with Crippen molar-refractivity contribution in [1.29, 1.82) is 5.26 Å². The smallest absolute Gasteiger partial charge is 0.425 e. The molecule has 0 spiro atoms. The number of halogens is 2. The van der Waals surface area contributed by atoms with Gasteiger partial charge in [0.25, 0.3) is 5.92 Å². The summed E-state index contributed by atoms with van der Waals surface area (Å²) in [6.45, 7) is 3.61. The zero-order chi connectivity index (χ0) is 15.6. The van der Waals surface area contributed by atoms with Crippen LogP contribution >= 0.6 is 0 Å². The van der Waals surface area contributed by atoms with Gasteiger partial charge in [0, 0.05) is 6.42 Å². The van der Waals surface area contributed by atoms with Crippen molar-refractivity contribution >= 4 is 12.4 Å². The molecule has 112 valence electrons. The molecule has 1 heterocycles. The number of amides is 1. The lowest BCUT2D eigenvalue weighted by atomic mass is 10.2. The SMILES string of the molecule is CC(C)(C)OC(=O)N(CC=O)N1CC(F)(F)CC1C#N. The second-order valence-electron chi connectivity index (χ2n) is 5.53. The van der Waals surface area contributed by atoms with Gasteiger partial charge in [-0.3, -0.25) is 0 Å². The van der Waals surface area contributed by atoms with E-state index < -0.39 is 43.2 Å². The summed E-state index contributed by atoms with van der Waals surface area (Å²) in [5.74, 6) is -3.08.